The Balaban J connectivity index is 1.90. The highest BCUT2D eigenvalue weighted by molar-refractivity contribution is 8.01. The number of hydrogen-bond acceptors (Lipinski definition) is 13. The summed E-state index contributed by atoms with van der Waals surface area (Å²) in [7, 11) is 1.22. The fourth-order valence-electron chi connectivity index (χ4n) is 3.52. The number of nitrogens with zero attached hydrogens (tertiary/aromatic N) is 2. The first-order chi connectivity index (χ1) is 17.6. The first-order valence-corrected chi connectivity index (χ1v) is 11.5. The van der Waals surface area contributed by atoms with Crippen molar-refractivity contribution in [1.29, 1.82) is 0 Å². The van der Waals surface area contributed by atoms with Gasteiger partial charge in [-0.3, -0.25) is 19.3 Å². The molecule has 0 aliphatic carbocycles. The van der Waals surface area contributed by atoms with E-state index in [1.165, 1.54) is 32.4 Å². The van der Waals surface area contributed by atoms with E-state index in [4.69, 9.17) is 24.4 Å². The van der Waals surface area contributed by atoms with Crippen molar-refractivity contribution in [2.75, 3.05) is 13.7 Å². The zero-order valence-corrected chi connectivity index (χ0v) is 20.5. The third kappa shape index (κ3) is 5.91. The van der Waals surface area contributed by atoms with Gasteiger partial charge in [0.2, 0.25) is 12.0 Å². The van der Waals surface area contributed by atoms with Gasteiger partial charge < -0.3 is 39.3 Å². The van der Waals surface area contributed by atoms with Crippen LogP contribution in [-0.2, 0) is 43.0 Å². The molecule has 2 aliphatic heterocycles. The molecule has 2 unspecified atom stereocenters. The molecule has 37 heavy (non-hydrogen) atoms. The molecule has 0 aromatic carbocycles. The van der Waals surface area contributed by atoms with Crippen molar-refractivity contribution in [3.05, 3.63) is 35.4 Å². The summed E-state index contributed by atoms with van der Waals surface area (Å²) >= 11 is 0.913. The van der Waals surface area contributed by atoms with E-state index < -0.39 is 65.1 Å². The molecule has 0 bridgehead atoms. The number of oxime groups is 1. The molecule has 1 fully saturated rings. The van der Waals surface area contributed by atoms with E-state index >= 15 is 0 Å². The lowest BCUT2D eigenvalue weighted by Crippen LogP contribution is -2.71. The zero-order chi connectivity index (χ0) is 27.3. The van der Waals surface area contributed by atoms with Crippen LogP contribution < -0.4 is 11.1 Å². The van der Waals surface area contributed by atoms with Gasteiger partial charge in [-0.25, -0.2) is 9.59 Å². The molecule has 0 spiro atoms. The Morgan fingerprint density at radius 2 is 2.05 bits per heavy atom. The van der Waals surface area contributed by atoms with Gasteiger partial charge in [-0.1, -0.05) is 5.16 Å². The molecule has 2 aliphatic rings. The summed E-state index contributed by atoms with van der Waals surface area (Å²) in [5.74, 6) is -3.36. The maximum absolute atomic E-state index is 13.1. The lowest BCUT2D eigenvalue weighted by Gasteiger charge is -2.50. The number of β-lactam (4-membered cyclic amide) rings is 1. The smallest absolute Gasteiger partial charge is 0.404 e. The predicted molar refractivity (Wildman–Crippen MR) is 122 cm³/mol. The number of nitrogens with two attached hydrogens (primary N) is 1. The van der Waals surface area contributed by atoms with E-state index in [1.54, 1.807) is 0 Å². The molecule has 198 valence electrons. The van der Waals surface area contributed by atoms with E-state index in [2.05, 4.69) is 15.3 Å². The molecular weight excluding hydrogens is 516 g/mol. The Morgan fingerprint density at radius 3 is 2.62 bits per heavy atom. The molecule has 16 heteroatoms. The number of primary amides is 1. The van der Waals surface area contributed by atoms with Crippen molar-refractivity contribution in [1.82, 2.24) is 10.2 Å². The predicted octanol–water partition coefficient (Wildman–Crippen LogP) is -0.601. The van der Waals surface area contributed by atoms with Gasteiger partial charge in [0.25, 0.3) is 11.8 Å². The van der Waals surface area contributed by atoms with Crippen LogP contribution >= 0.6 is 11.8 Å². The van der Waals surface area contributed by atoms with Crippen LogP contribution in [0.1, 0.15) is 19.6 Å². The van der Waals surface area contributed by atoms with Crippen LogP contribution in [-0.4, -0.2) is 83.4 Å². The molecule has 3 amide bonds. The summed E-state index contributed by atoms with van der Waals surface area (Å²) < 4.78 is 19.8. The van der Waals surface area contributed by atoms with Crippen molar-refractivity contribution in [2.24, 2.45) is 10.9 Å². The van der Waals surface area contributed by atoms with Crippen LogP contribution in [0.3, 0.4) is 0 Å². The minimum absolute atomic E-state index is 0.0690. The van der Waals surface area contributed by atoms with E-state index in [0.717, 1.165) is 23.6 Å². The molecule has 1 aromatic rings. The summed E-state index contributed by atoms with van der Waals surface area (Å²) in [6, 6.07) is 1.78. The zero-order valence-electron chi connectivity index (χ0n) is 19.7. The maximum Gasteiger partial charge on any atom is 0.404 e. The number of carbonyl (C=O) groups excluding carboxylic acids is 6. The van der Waals surface area contributed by atoms with Crippen molar-refractivity contribution in [3.8, 4) is 0 Å². The number of carbonyl (C=O) groups is 6. The lowest BCUT2D eigenvalue weighted by atomic mass is 10.0. The third-order valence-electron chi connectivity index (χ3n) is 4.95. The average Bonchev–Trinajstić information content (AvgIpc) is 3.37. The Hall–Kier alpha value is -4.34. The van der Waals surface area contributed by atoms with Crippen molar-refractivity contribution in [3.63, 3.8) is 0 Å². The fourth-order valence-corrected chi connectivity index (χ4v) is 4.90. The largest absolute Gasteiger partial charge is 0.462 e. The molecule has 15 nitrogen and oxygen atoms in total. The van der Waals surface area contributed by atoms with Crippen LogP contribution in [0.15, 0.2) is 39.2 Å². The van der Waals surface area contributed by atoms with Crippen molar-refractivity contribution < 1.29 is 52.2 Å². The van der Waals surface area contributed by atoms with Crippen LogP contribution in [0.25, 0.3) is 0 Å². The Kier molecular flexibility index (Phi) is 8.54. The highest BCUT2D eigenvalue weighted by Crippen LogP contribution is 2.44. The first kappa shape index (κ1) is 27.3. The second-order valence-electron chi connectivity index (χ2n) is 7.41. The van der Waals surface area contributed by atoms with Gasteiger partial charge >= 0.3 is 18.0 Å². The highest BCUT2D eigenvalue weighted by Gasteiger charge is 2.57. The van der Waals surface area contributed by atoms with Gasteiger partial charge in [-0.15, -0.1) is 11.8 Å². The van der Waals surface area contributed by atoms with E-state index in [9.17, 15) is 28.8 Å². The average molecular weight is 538 g/mol. The third-order valence-corrected chi connectivity index (χ3v) is 6.40. The number of aldehydes is 1. The number of amides is 3. The van der Waals surface area contributed by atoms with Gasteiger partial charge in [0.15, 0.2) is 5.76 Å². The topological polar surface area (TPSA) is 206 Å². The second kappa shape index (κ2) is 11.6. The van der Waals surface area contributed by atoms with Crippen LogP contribution in [0.4, 0.5) is 4.79 Å². The number of thioether (sulfide) groups is 1. The van der Waals surface area contributed by atoms with E-state index in [-0.39, 0.29) is 17.0 Å². The van der Waals surface area contributed by atoms with Gasteiger partial charge in [0.1, 0.15) is 37.1 Å². The lowest BCUT2D eigenvalue weighted by molar-refractivity contribution is -0.182. The minimum atomic E-state index is -1.34. The number of hydrogen-bond donors (Lipinski definition) is 2. The number of nitrogens with one attached hydrogen (secondary N) is 1. The summed E-state index contributed by atoms with van der Waals surface area (Å²) in [5.41, 5.74) is 4.27. The summed E-state index contributed by atoms with van der Waals surface area (Å²) in [5, 5.41) is 4.10. The van der Waals surface area contributed by atoms with E-state index in [1.807, 2.05) is 0 Å². The van der Waals surface area contributed by atoms with Gasteiger partial charge in [0.05, 0.1) is 11.5 Å². The Labute approximate surface area is 213 Å². The quantitative estimate of drug-likeness (QED) is 0.0956. The normalized spacial score (nSPS) is 21.7. The molecular formula is C21H22N4O11S. The van der Waals surface area contributed by atoms with Crippen molar-refractivity contribution >= 4 is 53.6 Å². The Morgan fingerprint density at radius 1 is 1.32 bits per heavy atom. The Bertz CT molecular complexity index is 1160. The number of esters is 2. The van der Waals surface area contributed by atoms with Crippen molar-refractivity contribution in [2.45, 2.75) is 36.8 Å². The van der Waals surface area contributed by atoms with Crippen LogP contribution in [0, 0.1) is 0 Å². The molecule has 4 atom stereocenters. The van der Waals surface area contributed by atoms with E-state index in [0.29, 0.717) is 6.29 Å². The summed E-state index contributed by atoms with van der Waals surface area (Å²) in [6.07, 6.45) is -0.753. The van der Waals surface area contributed by atoms with Gasteiger partial charge in [0, 0.05) is 19.4 Å². The number of ether oxygens (including phenoxy) is 3. The summed E-state index contributed by atoms with van der Waals surface area (Å²) in [6.45, 7) is 1.76. The summed E-state index contributed by atoms with van der Waals surface area (Å²) in [4.78, 5) is 78.9. The molecule has 3 rings (SSSR count). The molecule has 1 saturated heterocycles. The van der Waals surface area contributed by atoms with Crippen LogP contribution in [0.2, 0.25) is 0 Å². The SMILES string of the molecule is CO/N=C(/C(=O)N[C@@H]1C(=O)N2C(C(=O)OC(C)OC(C)=O)=C(COC(N)=O)C(C=O)S[C@H]12)c1ccco1. The van der Waals surface area contributed by atoms with Crippen LogP contribution in [0.5, 0.6) is 0 Å². The first-order valence-electron chi connectivity index (χ1n) is 10.5. The molecule has 0 saturated carbocycles. The number of rotatable bonds is 10. The van der Waals surface area contributed by atoms with Gasteiger partial charge in [-0.2, -0.15) is 0 Å². The highest BCUT2D eigenvalue weighted by atomic mass is 32.2. The monoisotopic (exact) mass is 538 g/mol. The van der Waals surface area contributed by atoms with Gasteiger partial charge in [-0.05, 0) is 12.1 Å². The number of furan rings is 1. The fraction of sp³-hybridized carbons (Fsp3) is 0.381. The number of fused-ring (bicyclic) bond motifs is 1. The minimum Gasteiger partial charge on any atom is -0.462 e. The molecule has 0 radical (unpaired) electrons. The molecule has 1 aromatic heterocycles. The molecule has 3 heterocycles. The second-order valence-corrected chi connectivity index (χ2v) is 8.67. The molecule has 3 N–H and O–H groups in total. The standard InChI is InChI=1S/C21H22N4O11S/c1-9(27)35-10(2)36-20(30)16-11(8-34-21(22)31)13(7-26)37-19-15(18(29)25(16)19)23-17(28)14(24-32-3)12-5-4-6-33-12/h4-7,10,13,15,19H,8H2,1-3H3,(H2,22,31)(H,23,28)/b24-14+/t10?,13?,15-,19-/m1/s1. The maximum atomic E-state index is 13.1.